The summed E-state index contributed by atoms with van der Waals surface area (Å²) in [5, 5.41) is 16.3. The lowest BCUT2D eigenvalue weighted by Crippen LogP contribution is -2.25. The molecule has 0 aliphatic heterocycles. The van der Waals surface area contributed by atoms with Gasteiger partial charge in [0.05, 0.1) is 16.3 Å². The van der Waals surface area contributed by atoms with Crippen molar-refractivity contribution >= 4 is 38.4 Å². The lowest BCUT2D eigenvalue weighted by molar-refractivity contribution is -0.117. The number of carbonyl (C=O) groups is 1. The van der Waals surface area contributed by atoms with Gasteiger partial charge >= 0.3 is 0 Å². The number of nitriles is 1. The van der Waals surface area contributed by atoms with Crippen molar-refractivity contribution in [3.05, 3.63) is 12.3 Å². The summed E-state index contributed by atoms with van der Waals surface area (Å²) in [6.07, 6.45) is 7.53. The van der Waals surface area contributed by atoms with Gasteiger partial charge in [0.15, 0.2) is 10.9 Å². The summed E-state index contributed by atoms with van der Waals surface area (Å²) in [6, 6.07) is 4.60. The maximum Gasteiger partial charge on any atom is 0.228 e. The molecule has 4 rings (SSSR count). The van der Waals surface area contributed by atoms with E-state index in [4.69, 9.17) is 5.26 Å². The van der Waals surface area contributed by atoms with E-state index in [1.807, 2.05) is 6.07 Å². The van der Waals surface area contributed by atoms with Crippen LogP contribution in [0.1, 0.15) is 38.5 Å². The van der Waals surface area contributed by atoms with E-state index >= 15 is 0 Å². The minimum absolute atomic E-state index is 0.0627. The predicted octanol–water partition coefficient (Wildman–Crippen LogP) is 3.53. The van der Waals surface area contributed by atoms with Crippen LogP contribution in [0.5, 0.6) is 0 Å². The number of aromatic nitrogens is 2. The first-order chi connectivity index (χ1) is 11.7. The Morgan fingerprint density at radius 1 is 1.25 bits per heavy atom. The fraction of sp³-hybridized carbons (Fsp3) is 0.529. The highest BCUT2D eigenvalue weighted by molar-refractivity contribution is 7.22. The summed E-state index contributed by atoms with van der Waals surface area (Å²) in [4.78, 5) is 20.9. The molecule has 2 aliphatic rings. The highest BCUT2D eigenvalue weighted by Crippen LogP contribution is 2.35. The van der Waals surface area contributed by atoms with Gasteiger partial charge in [-0.3, -0.25) is 4.79 Å². The third-order valence-electron chi connectivity index (χ3n) is 4.73. The van der Waals surface area contributed by atoms with Gasteiger partial charge in [-0.1, -0.05) is 11.3 Å². The minimum Gasteiger partial charge on any atom is -0.359 e. The van der Waals surface area contributed by atoms with Crippen LogP contribution in [0.4, 0.5) is 10.9 Å². The fourth-order valence-corrected chi connectivity index (χ4v) is 4.09. The molecule has 0 unspecified atom stereocenters. The van der Waals surface area contributed by atoms with Gasteiger partial charge in [0, 0.05) is 24.1 Å². The van der Waals surface area contributed by atoms with Crippen LogP contribution in [-0.4, -0.2) is 21.9 Å². The Kier molecular flexibility index (Phi) is 4.07. The number of fused-ring (bicyclic) bond motifs is 1. The SMILES string of the molecule is N#CC1CCC(Nc2nc3ccnc(NC(=O)C4CC4)c3s2)CC1. The first-order valence-electron chi connectivity index (χ1n) is 8.45. The van der Waals surface area contributed by atoms with Gasteiger partial charge in [-0.2, -0.15) is 5.26 Å². The number of thiazole rings is 1. The molecule has 6 nitrogen and oxygen atoms in total. The summed E-state index contributed by atoms with van der Waals surface area (Å²) < 4.78 is 0.916. The summed E-state index contributed by atoms with van der Waals surface area (Å²) in [5.74, 6) is 1.03. The molecule has 2 aliphatic carbocycles. The van der Waals surface area contributed by atoms with Crippen LogP contribution in [0, 0.1) is 23.2 Å². The maximum absolute atomic E-state index is 12.0. The zero-order valence-electron chi connectivity index (χ0n) is 13.3. The van der Waals surface area contributed by atoms with Crippen molar-refractivity contribution < 1.29 is 4.79 Å². The highest BCUT2D eigenvalue weighted by atomic mass is 32.1. The number of nitrogens with one attached hydrogen (secondary N) is 2. The molecule has 0 saturated heterocycles. The number of carbonyl (C=O) groups excluding carboxylic acids is 1. The maximum atomic E-state index is 12.0. The molecule has 2 N–H and O–H groups in total. The smallest absolute Gasteiger partial charge is 0.228 e. The van der Waals surface area contributed by atoms with Crippen molar-refractivity contribution in [3.8, 4) is 6.07 Å². The van der Waals surface area contributed by atoms with Crippen LogP contribution in [-0.2, 0) is 4.79 Å². The third-order valence-corrected chi connectivity index (χ3v) is 5.74. The third kappa shape index (κ3) is 3.20. The first kappa shape index (κ1) is 15.3. The molecule has 24 heavy (non-hydrogen) atoms. The molecule has 2 saturated carbocycles. The normalized spacial score (nSPS) is 23.6. The van der Waals surface area contributed by atoms with E-state index in [-0.39, 0.29) is 17.7 Å². The number of hydrogen-bond donors (Lipinski definition) is 2. The molecule has 1 amide bonds. The summed E-state index contributed by atoms with van der Waals surface area (Å²) >= 11 is 1.53. The summed E-state index contributed by atoms with van der Waals surface area (Å²) in [7, 11) is 0. The Bertz CT molecular complexity index is 799. The lowest BCUT2D eigenvalue weighted by Gasteiger charge is -2.25. The van der Waals surface area contributed by atoms with Gasteiger partial charge in [-0.15, -0.1) is 0 Å². The standard InChI is InChI=1S/C17H19N5OS/c18-9-10-1-5-12(6-2-10)20-17-21-13-7-8-19-15(14(13)24-17)22-16(23)11-3-4-11/h7-8,10-12H,1-6H2,(H,20,21)(H,19,22,23). The van der Waals surface area contributed by atoms with Gasteiger partial charge in [0.25, 0.3) is 0 Å². The summed E-state index contributed by atoms with van der Waals surface area (Å²) in [6.45, 7) is 0. The zero-order chi connectivity index (χ0) is 16.5. The van der Waals surface area contributed by atoms with Crippen molar-refractivity contribution in [2.45, 2.75) is 44.6 Å². The van der Waals surface area contributed by atoms with Crippen molar-refractivity contribution in [1.82, 2.24) is 9.97 Å². The molecule has 2 fully saturated rings. The van der Waals surface area contributed by atoms with Crippen molar-refractivity contribution in [2.75, 3.05) is 10.6 Å². The van der Waals surface area contributed by atoms with E-state index in [2.05, 4.69) is 26.7 Å². The molecule has 2 heterocycles. The van der Waals surface area contributed by atoms with E-state index in [0.717, 1.165) is 53.9 Å². The average Bonchev–Trinajstić information content (AvgIpc) is 3.36. The van der Waals surface area contributed by atoms with Crippen LogP contribution >= 0.6 is 11.3 Å². The van der Waals surface area contributed by atoms with E-state index in [9.17, 15) is 4.79 Å². The number of hydrogen-bond acceptors (Lipinski definition) is 6. The Morgan fingerprint density at radius 3 is 2.75 bits per heavy atom. The molecule has 0 atom stereocenters. The number of amides is 1. The average molecular weight is 341 g/mol. The van der Waals surface area contributed by atoms with E-state index < -0.39 is 0 Å². The second kappa shape index (κ2) is 6.36. The van der Waals surface area contributed by atoms with Crippen LogP contribution in [0.15, 0.2) is 12.3 Å². The van der Waals surface area contributed by atoms with Crippen molar-refractivity contribution in [3.63, 3.8) is 0 Å². The molecule has 0 bridgehead atoms. The number of rotatable bonds is 4. The van der Waals surface area contributed by atoms with E-state index in [0.29, 0.717) is 11.9 Å². The number of anilines is 2. The van der Waals surface area contributed by atoms with Gasteiger partial charge < -0.3 is 10.6 Å². The van der Waals surface area contributed by atoms with Gasteiger partial charge in [0.2, 0.25) is 5.91 Å². The first-order valence-corrected chi connectivity index (χ1v) is 9.27. The largest absolute Gasteiger partial charge is 0.359 e. The second-order valence-electron chi connectivity index (χ2n) is 6.61. The number of nitrogens with zero attached hydrogens (tertiary/aromatic N) is 3. The van der Waals surface area contributed by atoms with Crippen molar-refractivity contribution in [1.29, 1.82) is 5.26 Å². The molecule has 2 aromatic rings. The monoisotopic (exact) mass is 341 g/mol. The van der Waals surface area contributed by atoms with Crippen LogP contribution in [0.25, 0.3) is 10.2 Å². The Hall–Kier alpha value is -2.20. The predicted molar refractivity (Wildman–Crippen MR) is 93.8 cm³/mol. The van der Waals surface area contributed by atoms with E-state index in [1.165, 1.54) is 11.3 Å². The van der Waals surface area contributed by atoms with Gasteiger partial charge in [-0.05, 0) is 44.6 Å². The topological polar surface area (TPSA) is 90.7 Å². The molecule has 0 spiro atoms. The Labute approximate surface area is 144 Å². The van der Waals surface area contributed by atoms with Gasteiger partial charge in [0.1, 0.15) is 0 Å². The van der Waals surface area contributed by atoms with Crippen molar-refractivity contribution in [2.24, 2.45) is 11.8 Å². The summed E-state index contributed by atoms with van der Waals surface area (Å²) in [5.41, 5.74) is 0.856. The highest BCUT2D eigenvalue weighted by Gasteiger charge is 2.30. The number of pyridine rings is 1. The quantitative estimate of drug-likeness (QED) is 0.887. The molecule has 124 valence electrons. The molecule has 2 aromatic heterocycles. The Morgan fingerprint density at radius 2 is 2.04 bits per heavy atom. The van der Waals surface area contributed by atoms with E-state index in [1.54, 1.807) is 6.20 Å². The second-order valence-corrected chi connectivity index (χ2v) is 7.61. The zero-order valence-corrected chi connectivity index (χ0v) is 14.1. The molecule has 0 radical (unpaired) electrons. The lowest BCUT2D eigenvalue weighted by atomic mass is 9.87. The fourth-order valence-electron chi connectivity index (χ4n) is 3.11. The van der Waals surface area contributed by atoms with Gasteiger partial charge in [-0.25, -0.2) is 9.97 Å². The molecular formula is C17H19N5OS. The molecular weight excluding hydrogens is 322 g/mol. The Balaban J connectivity index is 1.49. The minimum atomic E-state index is 0.0627. The van der Waals surface area contributed by atoms with Crippen LogP contribution in [0.2, 0.25) is 0 Å². The van der Waals surface area contributed by atoms with Crippen LogP contribution in [0.3, 0.4) is 0 Å². The molecule has 0 aromatic carbocycles. The molecule has 7 heteroatoms. The van der Waals surface area contributed by atoms with Crippen LogP contribution < -0.4 is 10.6 Å².